The Hall–Kier alpha value is -3.15. The molecule has 0 N–H and O–H groups in total. The Kier molecular flexibility index (Phi) is 3.53. The number of hydrogen-bond acceptors (Lipinski definition) is 4. The molecule has 3 aliphatic rings. The van der Waals surface area contributed by atoms with E-state index in [-0.39, 0.29) is 36.7 Å². The summed E-state index contributed by atoms with van der Waals surface area (Å²) in [5, 5.41) is 0. The van der Waals surface area contributed by atoms with Crippen LogP contribution < -0.4 is 14.5 Å². The highest BCUT2D eigenvalue weighted by molar-refractivity contribution is 6.08. The van der Waals surface area contributed by atoms with Crippen LogP contribution in [0.15, 0.2) is 42.5 Å². The minimum absolute atomic E-state index is 0.0382. The zero-order chi connectivity index (χ0) is 18.5. The molecule has 0 aromatic heterocycles. The van der Waals surface area contributed by atoms with Crippen molar-refractivity contribution in [3.8, 4) is 5.75 Å². The average Bonchev–Trinajstić information content (AvgIpc) is 3.07. The molecule has 2 aliphatic heterocycles. The van der Waals surface area contributed by atoms with E-state index in [0.29, 0.717) is 24.4 Å². The number of anilines is 2. The molecule has 6 nitrogen and oxygen atoms in total. The van der Waals surface area contributed by atoms with Crippen molar-refractivity contribution in [3.05, 3.63) is 53.6 Å². The molecule has 2 amide bonds. The number of nitrogens with zero attached hydrogens (tertiary/aromatic N) is 2. The van der Waals surface area contributed by atoms with Gasteiger partial charge in [-0.05, 0) is 30.2 Å². The number of para-hydroxylation sites is 2. The van der Waals surface area contributed by atoms with E-state index >= 15 is 0 Å². The van der Waals surface area contributed by atoms with E-state index in [0.717, 1.165) is 23.2 Å². The topological polar surface area (TPSA) is 66.9 Å². The molecule has 0 radical (unpaired) electrons. The first-order valence-corrected chi connectivity index (χ1v) is 9.12. The number of rotatable bonds is 2. The molecule has 5 rings (SSSR count). The van der Waals surface area contributed by atoms with Crippen molar-refractivity contribution >= 4 is 29.0 Å². The number of benzene rings is 2. The fourth-order valence-electron chi connectivity index (χ4n) is 4.33. The zero-order valence-electron chi connectivity index (χ0n) is 14.7. The molecule has 27 heavy (non-hydrogen) atoms. The van der Waals surface area contributed by atoms with Gasteiger partial charge in [-0.3, -0.25) is 19.3 Å². The molecule has 0 bridgehead atoms. The Morgan fingerprint density at radius 2 is 1.89 bits per heavy atom. The van der Waals surface area contributed by atoms with Crippen molar-refractivity contribution in [2.75, 3.05) is 29.5 Å². The van der Waals surface area contributed by atoms with Crippen molar-refractivity contribution in [2.45, 2.75) is 18.8 Å². The van der Waals surface area contributed by atoms with Crippen molar-refractivity contribution in [2.24, 2.45) is 0 Å². The normalized spacial score (nSPS) is 20.2. The summed E-state index contributed by atoms with van der Waals surface area (Å²) in [4.78, 5) is 40.9. The van der Waals surface area contributed by atoms with Crippen LogP contribution in [0.2, 0.25) is 0 Å². The van der Waals surface area contributed by atoms with Gasteiger partial charge in [0.1, 0.15) is 12.3 Å². The van der Waals surface area contributed by atoms with Crippen LogP contribution in [0.4, 0.5) is 11.4 Å². The summed E-state index contributed by atoms with van der Waals surface area (Å²) in [7, 11) is 0. The first-order valence-electron chi connectivity index (χ1n) is 9.12. The lowest BCUT2D eigenvalue weighted by atomic mass is 9.83. The highest BCUT2D eigenvalue weighted by atomic mass is 16.5. The molecule has 0 spiro atoms. The monoisotopic (exact) mass is 362 g/mol. The molecular weight excluding hydrogens is 344 g/mol. The highest BCUT2D eigenvalue weighted by Crippen LogP contribution is 2.44. The van der Waals surface area contributed by atoms with E-state index in [2.05, 4.69) is 0 Å². The van der Waals surface area contributed by atoms with Gasteiger partial charge >= 0.3 is 0 Å². The summed E-state index contributed by atoms with van der Waals surface area (Å²) in [6.07, 6.45) is 1.30. The minimum Gasteiger partial charge on any atom is -0.482 e. The summed E-state index contributed by atoms with van der Waals surface area (Å²) in [5.41, 5.74) is 3.17. The van der Waals surface area contributed by atoms with E-state index in [1.54, 1.807) is 17.0 Å². The van der Waals surface area contributed by atoms with Gasteiger partial charge in [-0.1, -0.05) is 24.3 Å². The van der Waals surface area contributed by atoms with Crippen LogP contribution in [0.5, 0.6) is 5.75 Å². The molecule has 2 aromatic carbocycles. The van der Waals surface area contributed by atoms with Gasteiger partial charge in [0, 0.05) is 30.1 Å². The van der Waals surface area contributed by atoms with Crippen molar-refractivity contribution in [1.29, 1.82) is 0 Å². The first-order chi connectivity index (χ1) is 13.1. The van der Waals surface area contributed by atoms with Crippen LogP contribution in [0.3, 0.4) is 0 Å². The summed E-state index contributed by atoms with van der Waals surface area (Å²) in [5.74, 6) is 0.581. The molecule has 2 heterocycles. The second-order valence-corrected chi connectivity index (χ2v) is 7.14. The predicted molar refractivity (Wildman–Crippen MR) is 99.4 cm³/mol. The molecule has 1 aliphatic carbocycles. The molecular formula is C21H18N2O4. The lowest BCUT2D eigenvalue weighted by Gasteiger charge is -2.30. The third-order valence-electron chi connectivity index (χ3n) is 5.61. The maximum Gasteiger partial charge on any atom is 0.265 e. The van der Waals surface area contributed by atoms with E-state index < -0.39 is 0 Å². The molecule has 1 atom stereocenters. The first kappa shape index (κ1) is 16.1. The summed E-state index contributed by atoms with van der Waals surface area (Å²) >= 11 is 0. The quantitative estimate of drug-likeness (QED) is 0.823. The fraction of sp³-hybridized carbons (Fsp3) is 0.286. The molecule has 1 unspecified atom stereocenters. The predicted octanol–water partition coefficient (Wildman–Crippen LogP) is 2.52. The molecule has 0 saturated carbocycles. The summed E-state index contributed by atoms with van der Waals surface area (Å²) in [6, 6.07) is 12.8. The lowest BCUT2D eigenvalue weighted by Crippen LogP contribution is -2.46. The third kappa shape index (κ3) is 2.44. The van der Waals surface area contributed by atoms with Crippen LogP contribution in [0.1, 0.15) is 34.7 Å². The van der Waals surface area contributed by atoms with Gasteiger partial charge in [0.05, 0.1) is 5.69 Å². The molecule has 2 aromatic rings. The Labute approximate surface area is 156 Å². The SMILES string of the molecule is O=C1CCC2CN(C(=O)CN3C(=O)COc4ccccc43)c3cccc1c32. The molecule has 0 fully saturated rings. The Morgan fingerprint density at radius 3 is 2.78 bits per heavy atom. The summed E-state index contributed by atoms with van der Waals surface area (Å²) < 4.78 is 5.45. The van der Waals surface area contributed by atoms with Gasteiger partial charge in [-0.25, -0.2) is 0 Å². The molecule has 6 heteroatoms. The maximum absolute atomic E-state index is 13.1. The number of hydrogen-bond donors (Lipinski definition) is 0. The van der Waals surface area contributed by atoms with Crippen LogP contribution in [0.25, 0.3) is 0 Å². The van der Waals surface area contributed by atoms with Crippen LogP contribution >= 0.6 is 0 Å². The van der Waals surface area contributed by atoms with Gasteiger partial charge in [0.25, 0.3) is 5.91 Å². The smallest absolute Gasteiger partial charge is 0.265 e. The van der Waals surface area contributed by atoms with E-state index in [9.17, 15) is 14.4 Å². The number of fused-ring (bicyclic) bond motifs is 1. The van der Waals surface area contributed by atoms with Gasteiger partial charge in [0.2, 0.25) is 5.91 Å². The van der Waals surface area contributed by atoms with Crippen LogP contribution in [-0.4, -0.2) is 37.3 Å². The Bertz CT molecular complexity index is 984. The van der Waals surface area contributed by atoms with Crippen LogP contribution in [-0.2, 0) is 9.59 Å². The number of ether oxygens (including phenoxy) is 1. The Morgan fingerprint density at radius 1 is 1.07 bits per heavy atom. The van der Waals surface area contributed by atoms with Gasteiger partial charge in [-0.15, -0.1) is 0 Å². The number of carbonyl (C=O) groups is 3. The second kappa shape index (κ2) is 5.94. The molecule has 136 valence electrons. The van der Waals surface area contributed by atoms with E-state index in [4.69, 9.17) is 4.74 Å². The number of ketones is 1. The zero-order valence-corrected chi connectivity index (χ0v) is 14.7. The summed E-state index contributed by atoms with van der Waals surface area (Å²) in [6.45, 7) is 0.463. The van der Waals surface area contributed by atoms with Gasteiger partial charge in [0.15, 0.2) is 12.4 Å². The lowest BCUT2D eigenvalue weighted by molar-refractivity contribution is -0.124. The fourth-order valence-corrected chi connectivity index (χ4v) is 4.33. The standard InChI is InChI=1S/C21H18N2O4/c24-17-9-8-13-10-22(16-6-3-4-14(17)21(13)16)19(25)11-23-15-5-1-2-7-18(15)27-12-20(23)26/h1-7,13H,8-12H2. The maximum atomic E-state index is 13.1. The largest absolute Gasteiger partial charge is 0.482 e. The molecule has 0 saturated heterocycles. The van der Waals surface area contributed by atoms with Gasteiger partial charge < -0.3 is 9.64 Å². The van der Waals surface area contributed by atoms with E-state index in [1.165, 1.54) is 4.90 Å². The van der Waals surface area contributed by atoms with Crippen LogP contribution in [0, 0.1) is 0 Å². The number of carbonyl (C=O) groups excluding carboxylic acids is 3. The van der Waals surface area contributed by atoms with Gasteiger partial charge in [-0.2, -0.15) is 0 Å². The van der Waals surface area contributed by atoms with E-state index in [1.807, 2.05) is 30.3 Å². The minimum atomic E-state index is -0.230. The van der Waals surface area contributed by atoms with Crippen molar-refractivity contribution in [1.82, 2.24) is 0 Å². The van der Waals surface area contributed by atoms with Crippen molar-refractivity contribution < 1.29 is 19.1 Å². The number of Topliss-reactive ketones (excluding diaryl/α,β-unsaturated/α-hetero) is 1. The Balaban J connectivity index is 1.46. The second-order valence-electron chi connectivity index (χ2n) is 7.14. The third-order valence-corrected chi connectivity index (χ3v) is 5.61. The number of amides is 2. The average molecular weight is 362 g/mol. The highest BCUT2D eigenvalue weighted by Gasteiger charge is 2.39. The van der Waals surface area contributed by atoms with Crippen molar-refractivity contribution in [3.63, 3.8) is 0 Å².